The highest BCUT2D eigenvalue weighted by Gasteiger charge is 2.47. The molecule has 0 amide bonds. The third-order valence-electron chi connectivity index (χ3n) is 6.21. The molecule has 3 aliphatic rings. The van der Waals surface area contributed by atoms with E-state index in [-0.39, 0.29) is 5.75 Å². The molecule has 13 nitrogen and oxygen atoms in total. The average Bonchev–Trinajstić information content (AvgIpc) is 2.83. The van der Waals surface area contributed by atoms with Crippen LogP contribution in [0, 0.1) is 0 Å². The number of allylic oxidation sites excluding steroid dienone is 1. The van der Waals surface area contributed by atoms with Gasteiger partial charge < -0.3 is 64.5 Å². The van der Waals surface area contributed by atoms with Gasteiger partial charge in [-0.2, -0.15) is 0 Å². The summed E-state index contributed by atoms with van der Waals surface area (Å²) < 4.78 is 27.3. The molecule has 1 aromatic rings. The Morgan fingerprint density at radius 2 is 1.43 bits per heavy atom. The lowest BCUT2D eigenvalue weighted by Gasteiger charge is -2.42. The number of aliphatic hydroxyl groups is 8. The van der Waals surface area contributed by atoms with E-state index < -0.39 is 80.9 Å². The first kappa shape index (κ1) is 26.2. The standard InChI is InChI=1S/C22H30O13/c1-8-4-14(24)33-11-5-9(2-3-10(8)11)32-22-20(30)18(28)16(26)13(35-22)7-31-21-19(29)17(27)15(25)12(6-23)34-21/h2-5,12-30H,6-7H2,1H3. The van der Waals surface area contributed by atoms with Crippen molar-refractivity contribution in [3.8, 4) is 11.5 Å². The number of ether oxygens (including phenoxy) is 5. The summed E-state index contributed by atoms with van der Waals surface area (Å²) in [6.45, 7) is 0.679. The Labute approximate surface area is 199 Å². The fourth-order valence-electron chi connectivity index (χ4n) is 4.15. The first-order valence-corrected chi connectivity index (χ1v) is 11.1. The third kappa shape index (κ3) is 5.30. The summed E-state index contributed by atoms with van der Waals surface area (Å²) in [5.74, 6) is 0.523. The molecule has 0 bridgehead atoms. The van der Waals surface area contributed by atoms with E-state index in [2.05, 4.69) is 0 Å². The highest BCUT2D eigenvalue weighted by atomic mass is 16.7. The van der Waals surface area contributed by atoms with Gasteiger partial charge in [0, 0.05) is 11.6 Å². The lowest BCUT2D eigenvalue weighted by atomic mass is 9.98. The van der Waals surface area contributed by atoms with Gasteiger partial charge in [-0.05, 0) is 30.7 Å². The predicted octanol–water partition coefficient (Wildman–Crippen LogP) is -3.20. The van der Waals surface area contributed by atoms with Gasteiger partial charge in [0.2, 0.25) is 12.6 Å². The fourth-order valence-corrected chi connectivity index (χ4v) is 4.15. The summed E-state index contributed by atoms with van der Waals surface area (Å²) in [7, 11) is 0. The SMILES string of the molecule is CC1=CC(O)Oc2cc(OC3OC(COC4OC(CO)C(O)C(O)C4O)C(O)C(O)C3O)ccc21. The van der Waals surface area contributed by atoms with Crippen LogP contribution < -0.4 is 9.47 Å². The van der Waals surface area contributed by atoms with Crippen LogP contribution in [0.3, 0.4) is 0 Å². The molecule has 196 valence electrons. The van der Waals surface area contributed by atoms with Crippen LogP contribution in [0.2, 0.25) is 0 Å². The summed E-state index contributed by atoms with van der Waals surface area (Å²) >= 11 is 0. The number of hydrogen-bond donors (Lipinski definition) is 8. The zero-order chi connectivity index (χ0) is 25.4. The minimum Gasteiger partial charge on any atom is -0.462 e. The van der Waals surface area contributed by atoms with Crippen molar-refractivity contribution in [1.29, 1.82) is 0 Å². The summed E-state index contributed by atoms with van der Waals surface area (Å²) in [5.41, 5.74) is 1.53. The maximum absolute atomic E-state index is 10.4. The van der Waals surface area contributed by atoms with Crippen molar-refractivity contribution in [2.75, 3.05) is 13.2 Å². The highest BCUT2D eigenvalue weighted by molar-refractivity contribution is 5.71. The second-order valence-electron chi connectivity index (χ2n) is 8.68. The Bertz CT molecular complexity index is 907. The topological polar surface area (TPSA) is 208 Å². The van der Waals surface area contributed by atoms with E-state index in [1.807, 2.05) is 0 Å². The molecule has 11 atom stereocenters. The van der Waals surface area contributed by atoms with Gasteiger partial charge in [0.1, 0.15) is 60.3 Å². The molecular weight excluding hydrogens is 472 g/mol. The van der Waals surface area contributed by atoms with E-state index in [1.165, 1.54) is 12.1 Å². The smallest absolute Gasteiger partial charge is 0.229 e. The van der Waals surface area contributed by atoms with E-state index in [4.69, 9.17) is 23.7 Å². The van der Waals surface area contributed by atoms with Crippen LogP contribution in [0.5, 0.6) is 11.5 Å². The van der Waals surface area contributed by atoms with E-state index in [9.17, 15) is 40.9 Å². The molecule has 0 spiro atoms. The van der Waals surface area contributed by atoms with Crippen LogP contribution in [0.25, 0.3) is 5.57 Å². The molecule has 35 heavy (non-hydrogen) atoms. The normalized spacial score (nSPS) is 41.5. The maximum Gasteiger partial charge on any atom is 0.229 e. The molecular formula is C22H30O13. The van der Waals surface area contributed by atoms with Crippen molar-refractivity contribution in [2.45, 2.75) is 74.6 Å². The molecule has 13 heteroatoms. The summed E-state index contributed by atoms with van der Waals surface area (Å²) in [5, 5.41) is 79.9. The maximum atomic E-state index is 10.4. The van der Waals surface area contributed by atoms with E-state index in [1.54, 1.807) is 19.1 Å². The Kier molecular flexibility index (Phi) is 7.95. The Morgan fingerprint density at radius 1 is 0.800 bits per heavy atom. The van der Waals surface area contributed by atoms with Crippen molar-refractivity contribution in [2.24, 2.45) is 0 Å². The van der Waals surface area contributed by atoms with Crippen molar-refractivity contribution < 1.29 is 64.5 Å². The minimum atomic E-state index is -1.68. The Balaban J connectivity index is 1.42. The van der Waals surface area contributed by atoms with E-state index in [0.717, 1.165) is 11.1 Å². The van der Waals surface area contributed by atoms with Crippen LogP contribution >= 0.6 is 0 Å². The van der Waals surface area contributed by atoms with Gasteiger partial charge in [-0.1, -0.05) is 0 Å². The van der Waals surface area contributed by atoms with Gasteiger partial charge in [0.25, 0.3) is 0 Å². The zero-order valence-electron chi connectivity index (χ0n) is 18.7. The summed E-state index contributed by atoms with van der Waals surface area (Å²) in [6.07, 6.45) is -14.8. The van der Waals surface area contributed by atoms with Gasteiger partial charge in [-0.15, -0.1) is 0 Å². The lowest BCUT2D eigenvalue weighted by Crippen LogP contribution is -2.62. The monoisotopic (exact) mass is 502 g/mol. The number of hydrogen-bond acceptors (Lipinski definition) is 13. The molecule has 2 fully saturated rings. The Morgan fingerprint density at radius 3 is 2.11 bits per heavy atom. The summed E-state index contributed by atoms with van der Waals surface area (Å²) in [6, 6.07) is 4.73. The highest BCUT2D eigenvalue weighted by Crippen LogP contribution is 2.35. The molecule has 2 saturated heterocycles. The van der Waals surface area contributed by atoms with Crippen molar-refractivity contribution in [1.82, 2.24) is 0 Å². The van der Waals surface area contributed by atoms with Crippen LogP contribution in [-0.4, -0.2) is 122 Å². The van der Waals surface area contributed by atoms with Crippen molar-refractivity contribution in [3.05, 3.63) is 29.8 Å². The van der Waals surface area contributed by atoms with Crippen LogP contribution in [-0.2, 0) is 14.2 Å². The number of fused-ring (bicyclic) bond motifs is 1. The average molecular weight is 502 g/mol. The number of rotatable bonds is 6. The van der Waals surface area contributed by atoms with Gasteiger partial charge in [0.05, 0.1) is 13.2 Å². The first-order valence-electron chi connectivity index (χ1n) is 11.1. The second-order valence-corrected chi connectivity index (χ2v) is 8.68. The second kappa shape index (κ2) is 10.6. The van der Waals surface area contributed by atoms with Crippen LogP contribution in [0.1, 0.15) is 12.5 Å². The predicted molar refractivity (Wildman–Crippen MR) is 114 cm³/mol. The molecule has 0 saturated carbocycles. The molecule has 3 heterocycles. The Hall–Kier alpha value is -1.88. The molecule has 4 rings (SSSR count). The largest absolute Gasteiger partial charge is 0.462 e. The summed E-state index contributed by atoms with van der Waals surface area (Å²) in [4.78, 5) is 0. The van der Waals surface area contributed by atoms with Gasteiger partial charge in [-0.25, -0.2) is 0 Å². The quantitative estimate of drug-likeness (QED) is 0.193. The lowest BCUT2D eigenvalue weighted by molar-refractivity contribution is -0.323. The minimum absolute atomic E-state index is 0.187. The van der Waals surface area contributed by atoms with E-state index in [0.29, 0.717) is 5.75 Å². The van der Waals surface area contributed by atoms with Crippen LogP contribution in [0.4, 0.5) is 0 Å². The molecule has 3 aliphatic heterocycles. The molecule has 11 unspecified atom stereocenters. The van der Waals surface area contributed by atoms with Gasteiger partial charge >= 0.3 is 0 Å². The molecule has 8 N–H and O–H groups in total. The number of benzene rings is 1. The molecule has 0 aliphatic carbocycles. The first-order chi connectivity index (χ1) is 16.6. The zero-order valence-corrected chi connectivity index (χ0v) is 18.7. The van der Waals surface area contributed by atoms with Crippen molar-refractivity contribution in [3.63, 3.8) is 0 Å². The molecule has 1 aromatic carbocycles. The fraction of sp³-hybridized carbons (Fsp3) is 0.636. The van der Waals surface area contributed by atoms with Gasteiger partial charge in [-0.3, -0.25) is 0 Å². The van der Waals surface area contributed by atoms with Crippen LogP contribution in [0.15, 0.2) is 24.3 Å². The van der Waals surface area contributed by atoms with E-state index >= 15 is 0 Å². The molecule has 0 radical (unpaired) electrons. The van der Waals surface area contributed by atoms with Crippen molar-refractivity contribution >= 4 is 5.57 Å². The number of aliphatic hydroxyl groups excluding tert-OH is 8. The third-order valence-corrected chi connectivity index (χ3v) is 6.21. The molecule has 0 aromatic heterocycles. The van der Waals surface area contributed by atoms with Gasteiger partial charge in [0.15, 0.2) is 6.29 Å².